The van der Waals surface area contributed by atoms with Gasteiger partial charge in [0.1, 0.15) is 12.0 Å². The van der Waals surface area contributed by atoms with Gasteiger partial charge in [-0.3, -0.25) is 9.59 Å². The van der Waals surface area contributed by atoms with Crippen molar-refractivity contribution in [2.75, 3.05) is 18.0 Å². The highest BCUT2D eigenvalue weighted by atomic mass is 79.9. The van der Waals surface area contributed by atoms with Crippen LogP contribution in [0.4, 0.5) is 5.69 Å². The number of para-hydroxylation sites is 1. The van der Waals surface area contributed by atoms with Gasteiger partial charge in [0.2, 0.25) is 11.8 Å². The fraction of sp³-hybridized carbons (Fsp3) is 0.471. The second kappa shape index (κ2) is 6.93. The van der Waals surface area contributed by atoms with Crippen LogP contribution in [0.5, 0.6) is 0 Å². The van der Waals surface area contributed by atoms with Crippen molar-refractivity contribution < 1.29 is 19.5 Å². The summed E-state index contributed by atoms with van der Waals surface area (Å²) in [6.07, 6.45) is 2.45. The van der Waals surface area contributed by atoms with Crippen LogP contribution >= 0.6 is 15.9 Å². The van der Waals surface area contributed by atoms with E-state index in [-0.39, 0.29) is 11.8 Å². The fourth-order valence-electron chi connectivity index (χ4n) is 3.47. The maximum absolute atomic E-state index is 12.8. The van der Waals surface area contributed by atoms with Crippen molar-refractivity contribution in [3.05, 3.63) is 28.7 Å². The molecule has 1 N–H and O–H groups in total. The molecule has 0 bridgehead atoms. The Labute approximate surface area is 148 Å². The molecule has 6 nitrogen and oxygen atoms in total. The second-order valence-corrected chi connectivity index (χ2v) is 7.02. The number of carbonyl (C=O) groups excluding carboxylic acids is 2. The van der Waals surface area contributed by atoms with Gasteiger partial charge in [-0.25, -0.2) is 4.79 Å². The molecule has 2 amide bonds. The molecule has 0 saturated carbocycles. The van der Waals surface area contributed by atoms with E-state index in [2.05, 4.69) is 15.9 Å². The van der Waals surface area contributed by atoms with E-state index in [4.69, 9.17) is 0 Å². The van der Waals surface area contributed by atoms with Crippen LogP contribution in [0.15, 0.2) is 28.7 Å². The van der Waals surface area contributed by atoms with E-state index in [1.54, 1.807) is 4.90 Å². The van der Waals surface area contributed by atoms with Crippen LogP contribution in [0.2, 0.25) is 0 Å². The minimum Gasteiger partial charge on any atom is -0.480 e. The smallest absolute Gasteiger partial charge is 0.326 e. The molecular weight excluding hydrogens is 376 g/mol. The molecule has 2 atom stereocenters. The Balaban J connectivity index is 1.78. The van der Waals surface area contributed by atoms with Gasteiger partial charge in [0.15, 0.2) is 0 Å². The second-order valence-electron chi connectivity index (χ2n) is 6.16. The summed E-state index contributed by atoms with van der Waals surface area (Å²) in [5.41, 5.74) is 0.742. The monoisotopic (exact) mass is 394 g/mol. The topological polar surface area (TPSA) is 77.9 Å². The summed E-state index contributed by atoms with van der Waals surface area (Å²) in [4.78, 5) is 39.9. The van der Waals surface area contributed by atoms with Gasteiger partial charge in [0.25, 0.3) is 0 Å². The summed E-state index contributed by atoms with van der Waals surface area (Å²) in [6, 6.07) is 6.57. The lowest BCUT2D eigenvalue weighted by Gasteiger charge is -2.34. The van der Waals surface area contributed by atoms with Crippen LogP contribution in [0, 0.1) is 5.92 Å². The van der Waals surface area contributed by atoms with Crippen LogP contribution in [0.3, 0.4) is 0 Å². The third-order valence-electron chi connectivity index (χ3n) is 4.72. The van der Waals surface area contributed by atoms with Gasteiger partial charge in [-0.2, -0.15) is 0 Å². The fourth-order valence-corrected chi connectivity index (χ4v) is 3.97. The molecule has 128 valence electrons. The number of piperidine rings is 1. The van der Waals surface area contributed by atoms with Gasteiger partial charge in [0.05, 0.1) is 5.69 Å². The van der Waals surface area contributed by atoms with Gasteiger partial charge < -0.3 is 14.9 Å². The Morgan fingerprint density at radius 3 is 2.58 bits per heavy atom. The van der Waals surface area contributed by atoms with Crippen molar-refractivity contribution in [3.8, 4) is 0 Å². The van der Waals surface area contributed by atoms with Crippen molar-refractivity contribution in [3.63, 3.8) is 0 Å². The Hall–Kier alpha value is -1.89. The largest absolute Gasteiger partial charge is 0.480 e. The Bertz CT molecular complexity index is 678. The zero-order chi connectivity index (χ0) is 17.3. The zero-order valence-corrected chi connectivity index (χ0v) is 14.7. The summed E-state index contributed by atoms with van der Waals surface area (Å²) in [6.45, 7) is 0.873. The molecule has 7 heteroatoms. The van der Waals surface area contributed by atoms with E-state index in [1.165, 1.54) is 4.90 Å². The number of carboxylic acids is 1. The molecule has 1 aromatic carbocycles. The van der Waals surface area contributed by atoms with Crippen molar-refractivity contribution in [1.82, 2.24) is 4.90 Å². The van der Waals surface area contributed by atoms with E-state index in [0.29, 0.717) is 25.9 Å². The van der Waals surface area contributed by atoms with Gasteiger partial charge >= 0.3 is 5.97 Å². The number of benzene rings is 1. The molecule has 2 fully saturated rings. The predicted octanol–water partition coefficient (Wildman–Crippen LogP) is 2.27. The highest BCUT2D eigenvalue weighted by Crippen LogP contribution is 2.33. The molecule has 0 unspecified atom stereocenters. The normalized spacial score (nSPS) is 24.3. The summed E-state index contributed by atoms with van der Waals surface area (Å²) < 4.78 is 0.799. The third-order valence-corrected chi connectivity index (χ3v) is 5.39. The minimum atomic E-state index is -0.990. The van der Waals surface area contributed by atoms with Crippen LogP contribution in [-0.4, -0.2) is 46.9 Å². The molecule has 24 heavy (non-hydrogen) atoms. The van der Waals surface area contributed by atoms with Gasteiger partial charge in [0, 0.05) is 17.6 Å². The van der Waals surface area contributed by atoms with E-state index in [1.807, 2.05) is 24.3 Å². The number of aliphatic carboxylic acids is 1. The Morgan fingerprint density at radius 1 is 1.12 bits per heavy atom. The van der Waals surface area contributed by atoms with E-state index in [0.717, 1.165) is 23.0 Å². The molecule has 1 aromatic rings. The number of rotatable bonds is 3. The lowest BCUT2D eigenvalue weighted by molar-refractivity contribution is -0.155. The number of carboxylic acid groups (broad SMARTS) is 1. The van der Waals surface area contributed by atoms with Crippen molar-refractivity contribution in [2.24, 2.45) is 5.92 Å². The molecule has 2 saturated heterocycles. The molecule has 2 aliphatic rings. The first-order chi connectivity index (χ1) is 11.5. The van der Waals surface area contributed by atoms with E-state index < -0.39 is 17.9 Å². The lowest BCUT2D eigenvalue weighted by Crippen LogP contribution is -2.51. The zero-order valence-electron chi connectivity index (χ0n) is 13.2. The van der Waals surface area contributed by atoms with Crippen molar-refractivity contribution in [1.29, 1.82) is 0 Å². The predicted molar refractivity (Wildman–Crippen MR) is 91.6 cm³/mol. The van der Waals surface area contributed by atoms with Gasteiger partial charge in [-0.15, -0.1) is 0 Å². The summed E-state index contributed by atoms with van der Waals surface area (Å²) in [7, 11) is 0. The van der Waals surface area contributed by atoms with E-state index >= 15 is 0 Å². The van der Waals surface area contributed by atoms with E-state index in [9.17, 15) is 19.5 Å². The molecule has 0 aliphatic carbocycles. The summed E-state index contributed by atoms with van der Waals surface area (Å²) >= 11 is 3.43. The molecule has 3 rings (SSSR count). The molecule has 2 aliphatic heterocycles. The number of anilines is 1. The highest BCUT2D eigenvalue weighted by molar-refractivity contribution is 9.10. The average molecular weight is 395 g/mol. The first-order valence-electron chi connectivity index (χ1n) is 8.10. The molecular formula is C17H19BrN2O4. The van der Waals surface area contributed by atoms with Crippen molar-refractivity contribution in [2.45, 2.75) is 31.7 Å². The number of nitrogens with zero attached hydrogens (tertiary/aromatic N) is 2. The number of halogens is 1. The van der Waals surface area contributed by atoms with Crippen LogP contribution in [0.25, 0.3) is 0 Å². The molecule has 0 spiro atoms. The molecule has 0 aromatic heterocycles. The summed E-state index contributed by atoms with van der Waals surface area (Å²) in [5, 5.41) is 9.34. The Kier molecular flexibility index (Phi) is 4.89. The third kappa shape index (κ3) is 3.05. The number of likely N-dealkylation sites (tertiary alicyclic amines) is 1. The first-order valence-corrected chi connectivity index (χ1v) is 8.89. The average Bonchev–Trinajstić information content (AvgIpc) is 2.96. The minimum absolute atomic E-state index is 0.249. The van der Waals surface area contributed by atoms with Gasteiger partial charge in [-0.1, -0.05) is 12.1 Å². The SMILES string of the molecule is O=C(O)[C@H]1CCCCN1C(=O)[C@H]1CCN(c2ccccc2Br)C1=O. The number of hydrogen-bond donors (Lipinski definition) is 1. The van der Waals surface area contributed by atoms with Crippen LogP contribution in [0.1, 0.15) is 25.7 Å². The van der Waals surface area contributed by atoms with Crippen molar-refractivity contribution >= 4 is 39.4 Å². The quantitative estimate of drug-likeness (QED) is 0.797. The maximum Gasteiger partial charge on any atom is 0.326 e. The summed E-state index contributed by atoms with van der Waals surface area (Å²) in [5.74, 6) is -2.36. The van der Waals surface area contributed by atoms with Crippen LogP contribution < -0.4 is 4.90 Å². The number of amides is 2. The lowest BCUT2D eigenvalue weighted by atomic mass is 9.98. The number of carbonyl (C=O) groups is 3. The Morgan fingerprint density at radius 2 is 1.88 bits per heavy atom. The highest BCUT2D eigenvalue weighted by Gasteiger charge is 2.43. The van der Waals surface area contributed by atoms with Crippen LogP contribution in [-0.2, 0) is 14.4 Å². The molecule has 2 heterocycles. The maximum atomic E-state index is 12.8. The van der Waals surface area contributed by atoms with Gasteiger partial charge in [-0.05, 0) is 53.7 Å². The molecule has 0 radical (unpaired) electrons. The first kappa shape index (κ1) is 17.0. The standard InChI is InChI=1S/C17H19BrN2O4/c18-12-5-1-2-6-13(12)20-10-8-11(16(20)22)15(21)19-9-4-3-7-14(19)17(23)24/h1-2,5-6,11,14H,3-4,7-10H2,(H,23,24)/t11-,14-/m1/s1. The number of hydrogen-bond acceptors (Lipinski definition) is 3.